The Morgan fingerprint density at radius 3 is 2.70 bits per heavy atom. The Labute approximate surface area is 118 Å². The number of hydrogen-bond acceptors (Lipinski definition) is 3. The van der Waals surface area contributed by atoms with Crippen LogP contribution in [0.4, 0.5) is 0 Å². The molecular formula is C17H17N3. The van der Waals surface area contributed by atoms with Crippen molar-refractivity contribution in [3.05, 3.63) is 71.7 Å². The second-order valence-electron chi connectivity index (χ2n) is 4.95. The van der Waals surface area contributed by atoms with E-state index in [4.69, 9.17) is 4.98 Å². The van der Waals surface area contributed by atoms with E-state index in [1.165, 1.54) is 0 Å². The van der Waals surface area contributed by atoms with Crippen LogP contribution in [0.15, 0.2) is 54.9 Å². The number of aryl methyl sites for hydroxylation is 1. The summed E-state index contributed by atoms with van der Waals surface area (Å²) in [6.45, 7) is 2.05. The zero-order valence-electron chi connectivity index (χ0n) is 11.7. The van der Waals surface area contributed by atoms with Gasteiger partial charge < -0.3 is 5.32 Å². The smallest absolute Gasteiger partial charge is 0.0764 e. The highest BCUT2D eigenvalue weighted by molar-refractivity contribution is 5.78. The molecule has 2 aromatic heterocycles. The highest BCUT2D eigenvalue weighted by atomic mass is 14.9. The van der Waals surface area contributed by atoms with Crippen LogP contribution in [0.2, 0.25) is 0 Å². The number of fused-ring (bicyclic) bond motifs is 1. The van der Waals surface area contributed by atoms with Gasteiger partial charge in [0.25, 0.3) is 0 Å². The van der Waals surface area contributed by atoms with Gasteiger partial charge >= 0.3 is 0 Å². The van der Waals surface area contributed by atoms with Crippen LogP contribution < -0.4 is 5.32 Å². The molecule has 0 bridgehead atoms. The van der Waals surface area contributed by atoms with Crippen molar-refractivity contribution < 1.29 is 0 Å². The Bertz CT molecular complexity index is 737. The number of para-hydroxylation sites is 1. The van der Waals surface area contributed by atoms with Gasteiger partial charge in [0.2, 0.25) is 0 Å². The summed E-state index contributed by atoms with van der Waals surface area (Å²) in [5.74, 6) is 0. The minimum atomic E-state index is 0.0620. The Balaban J connectivity index is 2.07. The van der Waals surface area contributed by atoms with Gasteiger partial charge in [0.1, 0.15) is 0 Å². The quantitative estimate of drug-likeness (QED) is 0.788. The summed E-state index contributed by atoms with van der Waals surface area (Å²) >= 11 is 0. The minimum absolute atomic E-state index is 0.0620. The molecule has 0 saturated heterocycles. The monoisotopic (exact) mass is 263 g/mol. The summed E-state index contributed by atoms with van der Waals surface area (Å²) in [7, 11) is 1.95. The van der Waals surface area contributed by atoms with Crippen LogP contribution in [0.3, 0.4) is 0 Å². The van der Waals surface area contributed by atoms with Gasteiger partial charge in [-0.15, -0.1) is 0 Å². The summed E-state index contributed by atoms with van der Waals surface area (Å²) in [5, 5.41) is 4.48. The van der Waals surface area contributed by atoms with Gasteiger partial charge in [0.15, 0.2) is 0 Å². The molecule has 0 aliphatic heterocycles. The zero-order valence-corrected chi connectivity index (χ0v) is 11.7. The van der Waals surface area contributed by atoms with E-state index in [0.29, 0.717) is 0 Å². The molecule has 1 N–H and O–H groups in total. The summed E-state index contributed by atoms with van der Waals surface area (Å²) in [5.41, 5.74) is 4.32. The van der Waals surface area contributed by atoms with Crippen molar-refractivity contribution in [2.24, 2.45) is 0 Å². The summed E-state index contributed by atoms with van der Waals surface area (Å²) in [6, 6.07) is 14.6. The van der Waals surface area contributed by atoms with Gasteiger partial charge in [-0.3, -0.25) is 9.97 Å². The summed E-state index contributed by atoms with van der Waals surface area (Å²) < 4.78 is 0. The lowest BCUT2D eigenvalue weighted by molar-refractivity contribution is 0.670. The highest BCUT2D eigenvalue weighted by Gasteiger charge is 2.14. The van der Waals surface area contributed by atoms with E-state index in [1.807, 2.05) is 37.6 Å². The first-order valence-electron chi connectivity index (χ1n) is 6.72. The van der Waals surface area contributed by atoms with E-state index in [1.54, 1.807) is 0 Å². The third-order valence-electron chi connectivity index (χ3n) is 3.43. The predicted molar refractivity (Wildman–Crippen MR) is 81.6 cm³/mol. The van der Waals surface area contributed by atoms with Crippen molar-refractivity contribution in [1.29, 1.82) is 0 Å². The lowest BCUT2D eigenvalue weighted by atomic mass is 10.0. The van der Waals surface area contributed by atoms with Crippen LogP contribution >= 0.6 is 0 Å². The van der Waals surface area contributed by atoms with Gasteiger partial charge in [-0.1, -0.05) is 30.3 Å². The molecule has 1 atom stereocenters. The van der Waals surface area contributed by atoms with E-state index in [2.05, 4.69) is 41.5 Å². The van der Waals surface area contributed by atoms with E-state index in [-0.39, 0.29) is 6.04 Å². The molecule has 3 rings (SSSR count). The number of hydrogen-bond donors (Lipinski definition) is 1. The Morgan fingerprint density at radius 1 is 1.05 bits per heavy atom. The van der Waals surface area contributed by atoms with Gasteiger partial charge in [-0.05, 0) is 37.2 Å². The molecule has 3 nitrogen and oxygen atoms in total. The Morgan fingerprint density at radius 2 is 1.90 bits per heavy atom. The predicted octanol–water partition coefficient (Wildman–Crippen LogP) is 3.25. The van der Waals surface area contributed by atoms with Gasteiger partial charge in [0, 0.05) is 17.8 Å². The molecular weight excluding hydrogens is 246 g/mol. The number of pyridine rings is 2. The van der Waals surface area contributed by atoms with Crippen molar-refractivity contribution >= 4 is 10.9 Å². The normalized spacial score (nSPS) is 12.5. The number of nitrogens with one attached hydrogen (secondary N) is 1. The van der Waals surface area contributed by atoms with Crippen LogP contribution in [-0.4, -0.2) is 17.0 Å². The molecule has 0 radical (unpaired) electrons. The molecule has 0 amide bonds. The van der Waals surface area contributed by atoms with E-state index >= 15 is 0 Å². The average Bonchev–Trinajstić information content (AvgIpc) is 2.48. The number of rotatable bonds is 3. The molecule has 3 heteroatoms. The summed E-state index contributed by atoms with van der Waals surface area (Å²) in [4.78, 5) is 9.04. The van der Waals surface area contributed by atoms with Gasteiger partial charge in [0.05, 0.1) is 17.3 Å². The van der Waals surface area contributed by atoms with E-state index in [0.717, 1.165) is 27.7 Å². The van der Waals surface area contributed by atoms with Crippen molar-refractivity contribution in [3.8, 4) is 0 Å². The molecule has 0 fully saturated rings. The van der Waals surface area contributed by atoms with Crippen molar-refractivity contribution in [3.63, 3.8) is 0 Å². The Kier molecular flexibility index (Phi) is 3.44. The molecule has 3 aromatic rings. The lowest BCUT2D eigenvalue weighted by Gasteiger charge is -2.16. The average molecular weight is 263 g/mol. The summed E-state index contributed by atoms with van der Waals surface area (Å²) in [6.07, 6.45) is 3.76. The van der Waals surface area contributed by atoms with Crippen LogP contribution in [0.25, 0.3) is 10.9 Å². The highest BCUT2D eigenvalue weighted by Crippen LogP contribution is 2.22. The Hall–Kier alpha value is -2.26. The first-order valence-corrected chi connectivity index (χ1v) is 6.72. The second-order valence-corrected chi connectivity index (χ2v) is 4.95. The number of aromatic nitrogens is 2. The molecule has 0 saturated carbocycles. The fourth-order valence-electron chi connectivity index (χ4n) is 2.46. The number of nitrogens with zero attached hydrogens (tertiary/aromatic N) is 2. The van der Waals surface area contributed by atoms with E-state index in [9.17, 15) is 0 Å². The molecule has 20 heavy (non-hydrogen) atoms. The molecule has 1 unspecified atom stereocenters. The fraction of sp³-hybridized carbons (Fsp3) is 0.176. The van der Waals surface area contributed by atoms with Crippen LogP contribution in [0.1, 0.15) is 22.9 Å². The standard InChI is InChI=1S/C17H17N3/c1-12-9-14(11-19-10-12)17(18-2)16-8-7-13-5-3-4-6-15(13)20-16/h3-11,17-18H,1-2H3. The van der Waals surface area contributed by atoms with Crippen LogP contribution in [0, 0.1) is 6.92 Å². The van der Waals surface area contributed by atoms with E-state index < -0.39 is 0 Å². The van der Waals surface area contributed by atoms with Crippen molar-refractivity contribution in [2.75, 3.05) is 7.05 Å². The van der Waals surface area contributed by atoms with Gasteiger partial charge in [-0.2, -0.15) is 0 Å². The van der Waals surface area contributed by atoms with Crippen LogP contribution in [0.5, 0.6) is 0 Å². The fourth-order valence-corrected chi connectivity index (χ4v) is 2.46. The molecule has 100 valence electrons. The maximum Gasteiger partial charge on any atom is 0.0764 e. The molecule has 0 spiro atoms. The van der Waals surface area contributed by atoms with Crippen molar-refractivity contribution in [1.82, 2.24) is 15.3 Å². The number of benzene rings is 1. The maximum absolute atomic E-state index is 4.76. The maximum atomic E-state index is 4.76. The minimum Gasteiger partial charge on any atom is -0.308 e. The van der Waals surface area contributed by atoms with Crippen molar-refractivity contribution in [2.45, 2.75) is 13.0 Å². The SMILES string of the molecule is CNC(c1cncc(C)c1)c1ccc2ccccc2n1. The lowest BCUT2D eigenvalue weighted by Crippen LogP contribution is -2.19. The third kappa shape index (κ3) is 2.40. The topological polar surface area (TPSA) is 37.8 Å². The largest absolute Gasteiger partial charge is 0.308 e. The second kappa shape index (κ2) is 5.39. The van der Waals surface area contributed by atoms with Gasteiger partial charge in [-0.25, -0.2) is 0 Å². The third-order valence-corrected chi connectivity index (χ3v) is 3.43. The van der Waals surface area contributed by atoms with Crippen LogP contribution in [-0.2, 0) is 0 Å². The molecule has 2 heterocycles. The molecule has 1 aromatic carbocycles. The zero-order chi connectivity index (χ0) is 13.9. The molecule has 0 aliphatic rings. The first kappa shape index (κ1) is 12.8. The molecule has 0 aliphatic carbocycles. The first-order chi connectivity index (χ1) is 9.78.